The standard InChI is InChI=1S/C20H29NO5/c1-6-13-20(4,19(23)24-5)21-18(22)12-10-15-9-11-16(25-7-2)17(14-15)26-8-3/h9-12,14H,6-8,13H2,1-5H3,(H,21,22)/b12-10+. The number of esters is 1. The Hall–Kier alpha value is -2.50. The van der Waals surface area contributed by atoms with Gasteiger partial charge < -0.3 is 19.5 Å². The maximum atomic E-state index is 12.2. The van der Waals surface area contributed by atoms with Gasteiger partial charge in [-0.2, -0.15) is 0 Å². The van der Waals surface area contributed by atoms with Crippen molar-refractivity contribution in [2.45, 2.75) is 46.1 Å². The van der Waals surface area contributed by atoms with Gasteiger partial charge in [0.05, 0.1) is 20.3 Å². The van der Waals surface area contributed by atoms with Gasteiger partial charge in [-0.1, -0.05) is 19.4 Å². The molecule has 0 aliphatic carbocycles. The van der Waals surface area contributed by atoms with E-state index in [0.29, 0.717) is 31.1 Å². The van der Waals surface area contributed by atoms with E-state index in [9.17, 15) is 9.59 Å². The third kappa shape index (κ3) is 6.10. The second-order valence-electron chi connectivity index (χ2n) is 5.97. The molecule has 1 unspecified atom stereocenters. The summed E-state index contributed by atoms with van der Waals surface area (Å²) < 4.78 is 15.9. The predicted octanol–water partition coefficient (Wildman–Crippen LogP) is 3.35. The quantitative estimate of drug-likeness (QED) is 0.510. The maximum Gasteiger partial charge on any atom is 0.331 e. The van der Waals surface area contributed by atoms with Crippen LogP contribution in [0.25, 0.3) is 6.08 Å². The largest absolute Gasteiger partial charge is 0.490 e. The molecule has 0 aliphatic heterocycles. The van der Waals surface area contributed by atoms with Gasteiger partial charge in [-0.3, -0.25) is 4.79 Å². The molecule has 1 N–H and O–H groups in total. The predicted molar refractivity (Wildman–Crippen MR) is 101 cm³/mol. The summed E-state index contributed by atoms with van der Waals surface area (Å²) in [7, 11) is 1.31. The summed E-state index contributed by atoms with van der Waals surface area (Å²) in [5.74, 6) is 0.471. The fourth-order valence-electron chi connectivity index (χ4n) is 2.60. The summed E-state index contributed by atoms with van der Waals surface area (Å²) in [5, 5.41) is 2.73. The lowest BCUT2D eigenvalue weighted by Gasteiger charge is -2.26. The SMILES string of the molecule is CCCC(C)(NC(=O)/C=C/c1ccc(OCC)c(OCC)c1)C(=O)OC. The Balaban J connectivity index is 2.90. The highest BCUT2D eigenvalue weighted by Crippen LogP contribution is 2.29. The molecule has 1 aromatic rings. The molecule has 0 radical (unpaired) electrons. The van der Waals surface area contributed by atoms with Gasteiger partial charge in [-0.15, -0.1) is 0 Å². The number of ether oxygens (including phenoxy) is 3. The van der Waals surface area contributed by atoms with E-state index in [1.807, 2.05) is 39.0 Å². The highest BCUT2D eigenvalue weighted by Gasteiger charge is 2.34. The van der Waals surface area contributed by atoms with Crippen molar-refractivity contribution in [3.05, 3.63) is 29.8 Å². The highest BCUT2D eigenvalue weighted by atomic mass is 16.5. The molecule has 1 aromatic carbocycles. The first-order valence-corrected chi connectivity index (χ1v) is 8.88. The summed E-state index contributed by atoms with van der Waals surface area (Å²) in [6.45, 7) is 8.47. The van der Waals surface area contributed by atoms with Crippen molar-refractivity contribution < 1.29 is 23.8 Å². The van der Waals surface area contributed by atoms with Crippen molar-refractivity contribution >= 4 is 18.0 Å². The van der Waals surface area contributed by atoms with Gasteiger partial charge in [0.2, 0.25) is 5.91 Å². The zero-order chi connectivity index (χ0) is 19.6. The van der Waals surface area contributed by atoms with Crippen LogP contribution in [0.1, 0.15) is 46.1 Å². The number of amides is 1. The fourth-order valence-corrected chi connectivity index (χ4v) is 2.60. The molecule has 0 heterocycles. The number of rotatable bonds is 10. The van der Waals surface area contributed by atoms with Crippen LogP contribution >= 0.6 is 0 Å². The normalized spacial score (nSPS) is 13.1. The first-order valence-electron chi connectivity index (χ1n) is 8.88. The van der Waals surface area contributed by atoms with Crippen molar-refractivity contribution in [3.63, 3.8) is 0 Å². The third-order valence-electron chi connectivity index (χ3n) is 3.78. The molecule has 1 amide bonds. The summed E-state index contributed by atoms with van der Waals surface area (Å²) in [5.41, 5.74) is -0.248. The zero-order valence-corrected chi connectivity index (χ0v) is 16.3. The number of hydrogen-bond acceptors (Lipinski definition) is 5. The Morgan fingerprint density at radius 1 is 1.12 bits per heavy atom. The van der Waals surface area contributed by atoms with E-state index in [0.717, 1.165) is 12.0 Å². The van der Waals surface area contributed by atoms with Crippen LogP contribution in [0.15, 0.2) is 24.3 Å². The average molecular weight is 363 g/mol. The van der Waals surface area contributed by atoms with Crippen LogP contribution in [0.4, 0.5) is 0 Å². The number of hydrogen-bond donors (Lipinski definition) is 1. The molecule has 0 spiro atoms. The summed E-state index contributed by atoms with van der Waals surface area (Å²) in [6, 6.07) is 5.45. The average Bonchev–Trinajstić information content (AvgIpc) is 2.61. The van der Waals surface area contributed by atoms with E-state index in [4.69, 9.17) is 14.2 Å². The van der Waals surface area contributed by atoms with Gasteiger partial charge in [0.1, 0.15) is 5.54 Å². The van der Waals surface area contributed by atoms with Crippen LogP contribution in [0.2, 0.25) is 0 Å². The van der Waals surface area contributed by atoms with Crippen LogP contribution in [-0.2, 0) is 14.3 Å². The van der Waals surface area contributed by atoms with Crippen LogP contribution in [-0.4, -0.2) is 37.7 Å². The van der Waals surface area contributed by atoms with Crippen LogP contribution in [0.3, 0.4) is 0 Å². The molecular formula is C20H29NO5. The monoisotopic (exact) mass is 363 g/mol. The molecule has 0 saturated carbocycles. The van der Waals surface area contributed by atoms with Crippen molar-refractivity contribution in [2.24, 2.45) is 0 Å². The van der Waals surface area contributed by atoms with E-state index in [-0.39, 0.29) is 5.91 Å². The molecule has 6 nitrogen and oxygen atoms in total. The van der Waals surface area contributed by atoms with Crippen LogP contribution in [0, 0.1) is 0 Å². The molecule has 0 fully saturated rings. The van der Waals surface area contributed by atoms with Gasteiger partial charge >= 0.3 is 5.97 Å². The molecule has 0 saturated heterocycles. The van der Waals surface area contributed by atoms with Crippen LogP contribution in [0.5, 0.6) is 11.5 Å². The number of methoxy groups -OCH3 is 1. The summed E-state index contributed by atoms with van der Waals surface area (Å²) >= 11 is 0. The Bertz CT molecular complexity index is 641. The topological polar surface area (TPSA) is 73.9 Å². The lowest BCUT2D eigenvalue weighted by Crippen LogP contribution is -2.52. The van der Waals surface area contributed by atoms with Crippen molar-refractivity contribution in [3.8, 4) is 11.5 Å². The molecule has 144 valence electrons. The van der Waals surface area contributed by atoms with E-state index >= 15 is 0 Å². The Labute approximate surface area is 155 Å². The van der Waals surface area contributed by atoms with Gasteiger partial charge in [-0.25, -0.2) is 4.79 Å². The molecule has 6 heteroatoms. The molecule has 0 aromatic heterocycles. The van der Waals surface area contributed by atoms with Crippen molar-refractivity contribution in [1.29, 1.82) is 0 Å². The first-order chi connectivity index (χ1) is 12.4. The second kappa shape index (κ2) is 10.5. The minimum atomic E-state index is -1.04. The molecule has 0 aliphatic rings. The van der Waals surface area contributed by atoms with E-state index in [1.54, 1.807) is 13.0 Å². The fraction of sp³-hybridized carbons (Fsp3) is 0.500. The van der Waals surface area contributed by atoms with Gasteiger partial charge in [0, 0.05) is 6.08 Å². The smallest absolute Gasteiger partial charge is 0.331 e. The number of benzene rings is 1. The third-order valence-corrected chi connectivity index (χ3v) is 3.78. The Morgan fingerprint density at radius 2 is 1.77 bits per heavy atom. The lowest BCUT2D eigenvalue weighted by molar-refractivity contribution is -0.150. The van der Waals surface area contributed by atoms with E-state index in [2.05, 4.69) is 5.32 Å². The van der Waals surface area contributed by atoms with Crippen LogP contribution < -0.4 is 14.8 Å². The molecule has 26 heavy (non-hydrogen) atoms. The van der Waals surface area contributed by atoms with Gasteiger partial charge in [0.25, 0.3) is 0 Å². The molecule has 1 rings (SSSR count). The summed E-state index contributed by atoms with van der Waals surface area (Å²) in [6.07, 6.45) is 4.29. The molecule has 0 bridgehead atoms. The van der Waals surface area contributed by atoms with Gasteiger partial charge in [0.15, 0.2) is 11.5 Å². The number of carbonyl (C=O) groups excluding carboxylic acids is 2. The first kappa shape index (κ1) is 21.5. The van der Waals surface area contributed by atoms with E-state index in [1.165, 1.54) is 13.2 Å². The Morgan fingerprint density at radius 3 is 2.35 bits per heavy atom. The maximum absolute atomic E-state index is 12.2. The highest BCUT2D eigenvalue weighted by molar-refractivity contribution is 5.96. The summed E-state index contributed by atoms with van der Waals surface area (Å²) in [4.78, 5) is 24.2. The second-order valence-corrected chi connectivity index (χ2v) is 5.97. The van der Waals surface area contributed by atoms with Crippen molar-refractivity contribution in [2.75, 3.05) is 20.3 Å². The minimum Gasteiger partial charge on any atom is -0.490 e. The van der Waals surface area contributed by atoms with E-state index < -0.39 is 11.5 Å². The minimum absolute atomic E-state index is 0.363. The van der Waals surface area contributed by atoms with Gasteiger partial charge in [-0.05, 0) is 51.0 Å². The number of carbonyl (C=O) groups is 2. The zero-order valence-electron chi connectivity index (χ0n) is 16.3. The van der Waals surface area contributed by atoms with Crippen molar-refractivity contribution in [1.82, 2.24) is 5.32 Å². The lowest BCUT2D eigenvalue weighted by atomic mass is 9.96. The molecule has 1 atom stereocenters. The Kier molecular flexibility index (Phi) is 8.68. The molecular weight excluding hydrogens is 334 g/mol. The number of nitrogens with one attached hydrogen (secondary N) is 1.